The largest absolute Gasteiger partial charge is 0.203 e. The van der Waals surface area contributed by atoms with E-state index in [-0.39, 0.29) is 5.56 Å². The Hall–Kier alpha value is -0.800. The molecule has 0 radical (unpaired) electrons. The molecule has 0 unspecified atom stereocenters. The number of hydrogen-bond acceptors (Lipinski definition) is 0. The first-order chi connectivity index (χ1) is 10.3. The number of rotatable bonds is 0. The van der Waals surface area contributed by atoms with Crippen molar-refractivity contribution < 1.29 is 26.3 Å². The highest BCUT2D eigenvalue weighted by atomic mass is 127. The Morgan fingerprint density at radius 3 is 1.77 bits per heavy atom. The van der Waals surface area contributed by atoms with Crippen molar-refractivity contribution in [3.8, 4) is 0 Å². The van der Waals surface area contributed by atoms with E-state index in [1.807, 2.05) is 0 Å². The molecule has 0 spiro atoms. The van der Waals surface area contributed by atoms with Crippen LogP contribution in [0.5, 0.6) is 0 Å². The van der Waals surface area contributed by atoms with E-state index in [0.29, 0.717) is 0 Å². The third-order valence-electron chi connectivity index (χ3n) is 3.08. The molecule has 0 aliphatic carbocycles. The number of fused-ring (bicyclic) bond motifs is 2. The minimum atomic E-state index is -2.11. The zero-order valence-corrected chi connectivity index (χ0v) is 13.6. The topological polar surface area (TPSA) is 0 Å². The van der Waals surface area contributed by atoms with Crippen LogP contribution in [0.25, 0.3) is 16.6 Å². The fourth-order valence-corrected chi connectivity index (χ4v) is 4.72. The lowest BCUT2D eigenvalue weighted by atomic mass is 9.99. The molecule has 0 nitrogen and oxygen atoms in total. The Bertz CT molecular complexity index is 919. The summed E-state index contributed by atoms with van der Waals surface area (Å²) in [6, 6.07) is 0. The minimum absolute atomic E-state index is 0.157. The van der Waals surface area contributed by atoms with Crippen molar-refractivity contribution in [2.75, 3.05) is 0 Å². The smallest absolute Gasteiger partial charge is 0.198 e. The van der Waals surface area contributed by atoms with Gasteiger partial charge in [0.25, 0.3) is 0 Å². The lowest BCUT2D eigenvalue weighted by Gasteiger charge is -2.17. The molecule has 1 aliphatic heterocycles. The Labute approximate surface area is 139 Å². The van der Waals surface area contributed by atoms with E-state index < -0.39 is 80.0 Å². The van der Waals surface area contributed by atoms with Gasteiger partial charge in [0.2, 0.25) is 0 Å². The molecule has 0 aromatic heterocycles. The van der Waals surface area contributed by atoms with E-state index in [9.17, 15) is 26.3 Å². The summed E-state index contributed by atoms with van der Waals surface area (Å²) >= 11 is 10.1. The molecule has 0 N–H and O–H groups in total. The minimum Gasteiger partial charge on any atom is -0.203 e. The van der Waals surface area contributed by atoms with Crippen LogP contribution < -0.4 is 0 Å². The summed E-state index contributed by atoms with van der Waals surface area (Å²) in [6.07, 6.45) is 0. The number of hydrogen-bond donors (Lipinski definition) is 0. The van der Waals surface area contributed by atoms with Gasteiger partial charge in [-0.15, -0.1) is 0 Å². The standard InChI is InChI=1S/C13HCl2F6I/c14-6-2-1-22-13(21)10(18)3(2)7(15)5-4(6)8(16)11(19)12(20)9(5)17/h1H. The van der Waals surface area contributed by atoms with Crippen molar-refractivity contribution in [2.24, 2.45) is 0 Å². The van der Waals surface area contributed by atoms with E-state index in [0.717, 1.165) is 0 Å². The summed E-state index contributed by atoms with van der Waals surface area (Å²) in [5.74, 6) is -9.10. The van der Waals surface area contributed by atoms with Crippen LogP contribution >= 0.6 is 43.9 Å². The lowest BCUT2D eigenvalue weighted by molar-refractivity contribution is 0.418. The van der Waals surface area contributed by atoms with Gasteiger partial charge in [-0.05, 0) is 24.7 Å². The van der Waals surface area contributed by atoms with Crippen molar-refractivity contribution in [3.63, 3.8) is 0 Å². The Kier molecular flexibility index (Phi) is 3.93. The lowest BCUT2D eigenvalue weighted by Crippen LogP contribution is -2.04. The van der Waals surface area contributed by atoms with Crippen LogP contribution in [0.4, 0.5) is 26.3 Å². The Balaban J connectivity index is 2.65. The van der Waals surface area contributed by atoms with Crippen LogP contribution in [0.2, 0.25) is 10.0 Å². The van der Waals surface area contributed by atoms with Crippen molar-refractivity contribution >= 4 is 64.5 Å². The molecule has 2 aromatic carbocycles. The molecule has 0 atom stereocenters. The van der Waals surface area contributed by atoms with E-state index in [1.54, 1.807) is 0 Å². The van der Waals surface area contributed by atoms with Crippen LogP contribution in [-0.4, -0.2) is 4.01 Å². The molecular weight excluding hydrogens is 468 g/mol. The molecule has 0 saturated heterocycles. The van der Waals surface area contributed by atoms with Gasteiger partial charge in [-0.1, -0.05) is 23.2 Å². The highest BCUT2D eigenvalue weighted by Gasteiger charge is 2.31. The van der Waals surface area contributed by atoms with Gasteiger partial charge in [0.1, 0.15) is 0 Å². The molecule has 2 aromatic rings. The molecule has 0 amide bonds. The normalized spacial score (nSPS) is 14.4. The second-order valence-corrected chi connectivity index (χ2v) is 7.16. The van der Waals surface area contributed by atoms with Crippen molar-refractivity contribution in [1.29, 1.82) is 0 Å². The monoisotopic (exact) mass is 468 g/mol. The quantitative estimate of drug-likeness (QED) is 0.181. The maximum atomic E-state index is 13.9. The molecule has 3 rings (SSSR count). The molecule has 116 valence electrons. The first-order valence-electron chi connectivity index (χ1n) is 5.46. The first kappa shape index (κ1) is 16.1. The zero-order valence-electron chi connectivity index (χ0n) is 9.98. The highest BCUT2D eigenvalue weighted by molar-refractivity contribution is 14.2. The van der Waals surface area contributed by atoms with Gasteiger partial charge < -0.3 is 0 Å². The number of halogens is 9. The van der Waals surface area contributed by atoms with Crippen molar-refractivity contribution in [3.05, 3.63) is 48.3 Å². The molecule has 9 heteroatoms. The summed E-state index contributed by atoms with van der Waals surface area (Å²) in [5.41, 5.74) is -0.748. The molecule has 0 bridgehead atoms. The van der Waals surface area contributed by atoms with Gasteiger partial charge in [-0.2, -0.15) is 4.39 Å². The third-order valence-corrected chi connectivity index (χ3v) is 5.80. The summed E-state index contributed by atoms with van der Waals surface area (Å²) in [7, 11) is 0. The van der Waals surface area contributed by atoms with E-state index in [1.165, 1.54) is 4.01 Å². The summed E-state index contributed by atoms with van der Waals surface area (Å²) in [6.45, 7) is 0. The molecule has 0 fully saturated rings. The zero-order chi connectivity index (χ0) is 16.3. The first-order valence-corrected chi connectivity index (χ1v) is 8.54. The van der Waals surface area contributed by atoms with E-state index in [2.05, 4.69) is 0 Å². The van der Waals surface area contributed by atoms with Gasteiger partial charge in [-0.25, -0.2) is 22.0 Å². The second kappa shape index (κ2) is 5.38. The van der Waals surface area contributed by atoms with E-state index in [4.69, 9.17) is 23.2 Å². The molecule has 0 saturated carbocycles. The van der Waals surface area contributed by atoms with E-state index >= 15 is 0 Å². The van der Waals surface area contributed by atoms with Gasteiger partial charge in [0, 0.05) is 21.9 Å². The second-order valence-electron chi connectivity index (χ2n) is 4.22. The van der Waals surface area contributed by atoms with Gasteiger partial charge >= 0.3 is 0 Å². The summed E-state index contributed by atoms with van der Waals surface area (Å²) < 4.78 is 82.0. The summed E-state index contributed by atoms with van der Waals surface area (Å²) in [4.78, 5) is 0. The highest BCUT2D eigenvalue weighted by Crippen LogP contribution is 2.47. The fraction of sp³-hybridized carbons (Fsp3) is 0. The molecule has 22 heavy (non-hydrogen) atoms. The van der Waals surface area contributed by atoms with Gasteiger partial charge in [0.05, 0.1) is 10.0 Å². The SMILES string of the molecule is FC1=C(F)c2c(c(Cl)c3c(F)c(F)c(F)c(F)c3c2Cl)C=I1. The Morgan fingerprint density at radius 2 is 1.23 bits per heavy atom. The molecule has 1 heterocycles. The average molecular weight is 469 g/mol. The van der Waals surface area contributed by atoms with Crippen LogP contribution in [0.15, 0.2) is 3.83 Å². The fourth-order valence-electron chi connectivity index (χ4n) is 2.09. The predicted molar refractivity (Wildman–Crippen MR) is 82.1 cm³/mol. The molecule has 1 aliphatic rings. The Morgan fingerprint density at radius 1 is 0.727 bits per heavy atom. The van der Waals surface area contributed by atoms with Gasteiger partial charge in [-0.3, -0.25) is 0 Å². The van der Waals surface area contributed by atoms with Crippen LogP contribution in [-0.2, 0) is 0 Å². The predicted octanol–water partition coefficient (Wildman–Crippen LogP) is 6.40. The third kappa shape index (κ3) is 2.01. The average Bonchev–Trinajstić information content (AvgIpc) is 2.49. The maximum absolute atomic E-state index is 13.9. The van der Waals surface area contributed by atoms with Crippen molar-refractivity contribution in [1.82, 2.24) is 0 Å². The van der Waals surface area contributed by atoms with Crippen LogP contribution in [0, 0.1) is 23.3 Å². The van der Waals surface area contributed by atoms with Gasteiger partial charge in [0.15, 0.2) is 32.9 Å². The maximum Gasteiger partial charge on any atom is 0.198 e. The van der Waals surface area contributed by atoms with Crippen LogP contribution in [0.3, 0.4) is 0 Å². The molecular formula is C13HCl2F6I. The van der Waals surface area contributed by atoms with Crippen LogP contribution in [0.1, 0.15) is 11.1 Å². The van der Waals surface area contributed by atoms with Crippen molar-refractivity contribution in [2.45, 2.75) is 0 Å². The summed E-state index contributed by atoms with van der Waals surface area (Å²) in [5, 5.41) is -3.06. The number of benzene rings is 2.